The van der Waals surface area contributed by atoms with Crippen LogP contribution in [-0.2, 0) is 10.0 Å². The number of phenols is 1. The highest BCUT2D eigenvalue weighted by atomic mass is 35.5. The predicted molar refractivity (Wildman–Crippen MR) is 86.8 cm³/mol. The van der Waals surface area contributed by atoms with Gasteiger partial charge in [-0.1, -0.05) is 11.6 Å². The maximum absolute atomic E-state index is 12.8. The molecule has 2 N–H and O–H groups in total. The monoisotopic (exact) mass is 355 g/mol. The van der Waals surface area contributed by atoms with Crippen LogP contribution in [0.25, 0.3) is 0 Å². The summed E-state index contributed by atoms with van der Waals surface area (Å²) in [5.41, 5.74) is 0.492. The van der Waals surface area contributed by atoms with Crippen molar-refractivity contribution in [2.24, 2.45) is 0 Å². The average Bonchev–Trinajstić information content (AvgIpc) is 2.49. The first-order chi connectivity index (χ1) is 10.6. The lowest BCUT2D eigenvalue weighted by molar-refractivity contribution is 0.0696. The van der Waals surface area contributed by atoms with E-state index in [0.717, 1.165) is 10.4 Å². The van der Waals surface area contributed by atoms with Gasteiger partial charge in [0, 0.05) is 7.05 Å². The van der Waals surface area contributed by atoms with Crippen LogP contribution in [-0.4, -0.2) is 31.6 Å². The Bertz CT molecular complexity index is 862. The minimum Gasteiger partial charge on any atom is -0.508 e. The summed E-state index contributed by atoms with van der Waals surface area (Å²) < 4.78 is 26.5. The van der Waals surface area contributed by atoms with Gasteiger partial charge in [0.25, 0.3) is 10.0 Å². The highest BCUT2D eigenvalue weighted by Crippen LogP contribution is 2.31. The molecule has 0 saturated carbocycles. The molecule has 6 nitrogen and oxygen atoms in total. The Hall–Kier alpha value is -2.25. The Labute approximate surface area is 138 Å². The van der Waals surface area contributed by atoms with Crippen LogP contribution in [0.3, 0.4) is 0 Å². The third-order valence-electron chi connectivity index (χ3n) is 3.32. The van der Waals surface area contributed by atoms with Gasteiger partial charge in [0.15, 0.2) is 0 Å². The third kappa shape index (κ3) is 3.25. The number of carbonyl (C=O) groups is 1. The van der Waals surface area contributed by atoms with E-state index in [2.05, 4.69) is 0 Å². The Balaban J connectivity index is 2.59. The SMILES string of the molecule is Cc1cc(C(=O)O)cc(S(=O)(=O)N(C)c2ccc(O)cc2)c1Cl. The maximum atomic E-state index is 12.8. The van der Waals surface area contributed by atoms with Crippen molar-refractivity contribution in [3.63, 3.8) is 0 Å². The number of aromatic hydroxyl groups is 1. The fourth-order valence-electron chi connectivity index (χ4n) is 2.00. The standard InChI is InChI=1S/C15H14ClNO5S/c1-9-7-10(15(19)20)8-13(14(9)16)23(21,22)17(2)11-3-5-12(18)6-4-11/h3-8,18H,1-2H3,(H,19,20). The fourth-order valence-corrected chi connectivity index (χ4v) is 3.76. The molecule has 0 aliphatic carbocycles. The van der Waals surface area contributed by atoms with E-state index < -0.39 is 16.0 Å². The first kappa shape index (κ1) is 17.1. The minimum absolute atomic E-state index is 0.00120. The number of anilines is 1. The van der Waals surface area contributed by atoms with Gasteiger partial charge in [-0.3, -0.25) is 4.31 Å². The lowest BCUT2D eigenvalue weighted by atomic mass is 10.1. The van der Waals surface area contributed by atoms with Crippen LogP contribution in [0, 0.1) is 6.92 Å². The summed E-state index contributed by atoms with van der Waals surface area (Å²) in [5.74, 6) is -1.24. The molecular weight excluding hydrogens is 342 g/mol. The predicted octanol–water partition coefficient (Wildman–Crippen LogP) is 2.88. The van der Waals surface area contributed by atoms with Crippen LogP contribution in [0.15, 0.2) is 41.3 Å². The molecule has 0 aliphatic rings. The minimum atomic E-state index is -4.06. The second kappa shape index (κ2) is 6.10. The third-order valence-corrected chi connectivity index (χ3v) is 5.74. The highest BCUT2D eigenvalue weighted by Gasteiger charge is 2.26. The van der Waals surface area contributed by atoms with E-state index in [1.807, 2.05) is 0 Å². The largest absolute Gasteiger partial charge is 0.508 e. The molecule has 0 amide bonds. The summed E-state index contributed by atoms with van der Waals surface area (Å²) in [6.45, 7) is 1.54. The number of aryl methyl sites for hydroxylation is 1. The normalized spacial score (nSPS) is 11.3. The maximum Gasteiger partial charge on any atom is 0.335 e. The molecule has 0 radical (unpaired) electrons. The van der Waals surface area contributed by atoms with E-state index in [9.17, 15) is 18.3 Å². The number of sulfonamides is 1. The summed E-state index contributed by atoms with van der Waals surface area (Å²) >= 11 is 6.07. The van der Waals surface area contributed by atoms with Crippen molar-refractivity contribution in [1.29, 1.82) is 0 Å². The molecule has 0 fully saturated rings. The topological polar surface area (TPSA) is 94.9 Å². The average molecular weight is 356 g/mol. The van der Waals surface area contributed by atoms with Crippen molar-refractivity contribution in [3.8, 4) is 5.75 Å². The van der Waals surface area contributed by atoms with Gasteiger partial charge in [-0.25, -0.2) is 13.2 Å². The Kier molecular flexibility index (Phi) is 4.53. The van der Waals surface area contributed by atoms with E-state index in [4.69, 9.17) is 16.7 Å². The molecule has 122 valence electrons. The second-order valence-electron chi connectivity index (χ2n) is 4.90. The number of halogens is 1. The Morgan fingerprint density at radius 2 is 1.74 bits per heavy atom. The van der Waals surface area contributed by atoms with E-state index in [1.54, 1.807) is 0 Å². The number of phenolic OH excluding ortho intramolecular Hbond substituents is 1. The van der Waals surface area contributed by atoms with Crippen LogP contribution in [0.5, 0.6) is 5.75 Å². The number of aromatic carboxylic acids is 1. The van der Waals surface area contributed by atoms with Crippen LogP contribution in [0.4, 0.5) is 5.69 Å². The summed E-state index contributed by atoms with van der Waals surface area (Å²) in [4.78, 5) is 10.9. The zero-order chi connectivity index (χ0) is 17.4. The van der Waals surface area contributed by atoms with Crippen molar-refractivity contribution >= 4 is 33.3 Å². The van der Waals surface area contributed by atoms with Crippen LogP contribution >= 0.6 is 11.6 Å². The zero-order valence-electron chi connectivity index (χ0n) is 12.3. The van der Waals surface area contributed by atoms with Gasteiger partial charge in [-0.05, 0) is 48.9 Å². The Morgan fingerprint density at radius 3 is 2.26 bits per heavy atom. The van der Waals surface area contributed by atoms with Gasteiger partial charge in [-0.15, -0.1) is 0 Å². The number of carboxylic acid groups (broad SMARTS) is 1. The number of hydrogen-bond acceptors (Lipinski definition) is 4. The molecule has 0 saturated heterocycles. The molecule has 0 atom stereocenters. The van der Waals surface area contributed by atoms with Crippen molar-refractivity contribution in [2.75, 3.05) is 11.4 Å². The quantitative estimate of drug-likeness (QED) is 0.879. The summed E-state index contributed by atoms with van der Waals surface area (Å²) in [5, 5.41) is 18.4. The van der Waals surface area contributed by atoms with Crippen molar-refractivity contribution in [1.82, 2.24) is 0 Å². The lowest BCUT2D eigenvalue weighted by Crippen LogP contribution is -2.27. The molecule has 0 aromatic heterocycles. The van der Waals surface area contributed by atoms with E-state index in [-0.39, 0.29) is 21.2 Å². The number of nitrogens with zero attached hydrogens (tertiary/aromatic N) is 1. The number of carboxylic acids is 1. The molecule has 0 bridgehead atoms. The van der Waals surface area contributed by atoms with E-state index in [0.29, 0.717) is 11.3 Å². The first-order valence-electron chi connectivity index (χ1n) is 6.46. The number of benzene rings is 2. The van der Waals surface area contributed by atoms with Crippen molar-refractivity contribution < 1.29 is 23.4 Å². The molecule has 2 aromatic rings. The second-order valence-corrected chi connectivity index (χ2v) is 7.21. The van der Waals surface area contributed by atoms with Crippen molar-refractivity contribution in [3.05, 3.63) is 52.5 Å². The van der Waals surface area contributed by atoms with E-state index in [1.165, 1.54) is 44.3 Å². The fraction of sp³-hybridized carbons (Fsp3) is 0.133. The molecule has 0 spiro atoms. The van der Waals surface area contributed by atoms with Crippen molar-refractivity contribution in [2.45, 2.75) is 11.8 Å². The molecule has 8 heteroatoms. The molecule has 0 unspecified atom stereocenters. The van der Waals surface area contributed by atoms with Crippen LogP contribution in [0.2, 0.25) is 5.02 Å². The zero-order valence-corrected chi connectivity index (χ0v) is 13.9. The first-order valence-corrected chi connectivity index (χ1v) is 8.28. The van der Waals surface area contributed by atoms with Gasteiger partial charge in [0.1, 0.15) is 10.6 Å². The molecule has 0 heterocycles. The number of hydrogen-bond donors (Lipinski definition) is 2. The van der Waals surface area contributed by atoms with Crippen LogP contribution in [0.1, 0.15) is 15.9 Å². The van der Waals surface area contributed by atoms with Crippen LogP contribution < -0.4 is 4.31 Å². The van der Waals surface area contributed by atoms with Gasteiger partial charge >= 0.3 is 5.97 Å². The lowest BCUT2D eigenvalue weighted by Gasteiger charge is -2.21. The smallest absolute Gasteiger partial charge is 0.335 e. The molecule has 2 aromatic carbocycles. The van der Waals surface area contributed by atoms with Gasteiger partial charge in [0.05, 0.1) is 16.3 Å². The molecule has 2 rings (SSSR count). The Morgan fingerprint density at radius 1 is 1.17 bits per heavy atom. The highest BCUT2D eigenvalue weighted by molar-refractivity contribution is 7.93. The molecular formula is C15H14ClNO5S. The molecule has 23 heavy (non-hydrogen) atoms. The number of rotatable bonds is 4. The summed E-state index contributed by atoms with van der Waals surface area (Å²) in [7, 11) is -2.74. The summed E-state index contributed by atoms with van der Waals surface area (Å²) in [6.07, 6.45) is 0. The summed E-state index contributed by atoms with van der Waals surface area (Å²) in [6, 6.07) is 7.89. The van der Waals surface area contributed by atoms with E-state index >= 15 is 0 Å². The van der Waals surface area contributed by atoms with Gasteiger partial charge in [0.2, 0.25) is 0 Å². The van der Waals surface area contributed by atoms with Gasteiger partial charge < -0.3 is 10.2 Å². The molecule has 0 aliphatic heterocycles. The van der Waals surface area contributed by atoms with Gasteiger partial charge in [-0.2, -0.15) is 0 Å².